The molecule has 0 spiro atoms. The number of carbonyl (C=O) groups excluding carboxylic acids is 1. The van der Waals surface area contributed by atoms with Gasteiger partial charge in [-0.2, -0.15) is 0 Å². The van der Waals surface area contributed by atoms with E-state index in [9.17, 15) is 9.59 Å². The molecule has 0 radical (unpaired) electrons. The average Bonchev–Trinajstić information content (AvgIpc) is 2.02. The number of hydrogen-bond acceptors (Lipinski definition) is 2. The monoisotopic (exact) mass is 199 g/mol. The Balaban J connectivity index is 4.19. The minimum atomic E-state index is -1.02. The van der Waals surface area contributed by atoms with E-state index in [2.05, 4.69) is 11.9 Å². The van der Waals surface area contributed by atoms with E-state index < -0.39 is 11.4 Å². The first-order valence-electron chi connectivity index (χ1n) is 4.45. The van der Waals surface area contributed by atoms with Gasteiger partial charge in [-0.1, -0.05) is 6.08 Å². The minimum Gasteiger partial charge on any atom is -0.481 e. The highest BCUT2D eigenvalue weighted by Gasteiger charge is 2.30. The number of aliphatic carboxylic acids is 1. The molecule has 1 amide bonds. The lowest BCUT2D eigenvalue weighted by Gasteiger charge is -2.19. The molecule has 0 saturated carbocycles. The van der Waals surface area contributed by atoms with Crippen LogP contribution in [-0.4, -0.2) is 23.0 Å². The van der Waals surface area contributed by atoms with Gasteiger partial charge >= 0.3 is 5.97 Å². The molecule has 0 saturated heterocycles. The Morgan fingerprint density at radius 3 is 2.43 bits per heavy atom. The van der Waals surface area contributed by atoms with Crippen molar-refractivity contribution in [3.8, 4) is 0 Å². The maximum absolute atomic E-state index is 11.3. The third kappa shape index (κ3) is 4.07. The molecule has 0 aliphatic rings. The summed E-state index contributed by atoms with van der Waals surface area (Å²) in [5.74, 6) is -1.25. The van der Waals surface area contributed by atoms with Crippen molar-refractivity contribution in [3.63, 3.8) is 0 Å². The molecule has 4 heteroatoms. The van der Waals surface area contributed by atoms with Crippen LogP contribution in [0, 0.1) is 5.41 Å². The molecule has 0 rings (SSSR count). The molecule has 80 valence electrons. The molecule has 0 aromatic carbocycles. The van der Waals surface area contributed by atoms with E-state index in [0.29, 0.717) is 0 Å². The molecule has 0 fully saturated rings. The van der Waals surface area contributed by atoms with Crippen molar-refractivity contribution in [2.24, 2.45) is 5.41 Å². The Morgan fingerprint density at radius 2 is 2.07 bits per heavy atom. The zero-order chi connectivity index (χ0) is 11.4. The molecular formula is C10H17NO3. The van der Waals surface area contributed by atoms with Crippen molar-refractivity contribution < 1.29 is 14.7 Å². The summed E-state index contributed by atoms with van der Waals surface area (Å²) < 4.78 is 0. The molecule has 0 aliphatic heterocycles. The number of amides is 1. The quantitative estimate of drug-likeness (QED) is 0.653. The molecule has 2 N–H and O–H groups in total. The second kappa shape index (κ2) is 4.79. The van der Waals surface area contributed by atoms with Crippen molar-refractivity contribution in [1.29, 1.82) is 0 Å². The van der Waals surface area contributed by atoms with Crippen LogP contribution in [0.4, 0.5) is 0 Å². The summed E-state index contributed by atoms with van der Waals surface area (Å²) in [7, 11) is 0. The van der Waals surface area contributed by atoms with Gasteiger partial charge in [-0.25, -0.2) is 0 Å². The second-order valence-electron chi connectivity index (χ2n) is 3.96. The van der Waals surface area contributed by atoms with Gasteiger partial charge in [0.1, 0.15) is 0 Å². The first kappa shape index (κ1) is 12.7. The van der Waals surface area contributed by atoms with Crippen LogP contribution in [0.5, 0.6) is 0 Å². The van der Waals surface area contributed by atoms with Crippen molar-refractivity contribution in [2.75, 3.05) is 0 Å². The molecule has 14 heavy (non-hydrogen) atoms. The van der Waals surface area contributed by atoms with Crippen molar-refractivity contribution >= 4 is 11.9 Å². The molecule has 1 unspecified atom stereocenters. The summed E-state index contributed by atoms with van der Waals surface area (Å²) in [4.78, 5) is 22.0. The Kier molecular flexibility index (Phi) is 4.34. The second-order valence-corrected chi connectivity index (χ2v) is 3.96. The van der Waals surface area contributed by atoms with Crippen LogP contribution in [0.15, 0.2) is 12.7 Å². The predicted molar refractivity (Wildman–Crippen MR) is 53.8 cm³/mol. The fourth-order valence-electron chi connectivity index (χ4n) is 0.841. The van der Waals surface area contributed by atoms with E-state index in [0.717, 1.165) is 0 Å². The van der Waals surface area contributed by atoms with Gasteiger partial charge in [-0.15, -0.1) is 6.58 Å². The Hall–Kier alpha value is -1.32. The molecule has 0 aromatic rings. The third-order valence-electron chi connectivity index (χ3n) is 1.92. The van der Waals surface area contributed by atoms with Crippen LogP contribution in [-0.2, 0) is 9.59 Å². The summed E-state index contributed by atoms with van der Waals surface area (Å²) in [6, 6.07) is -0.132. The lowest BCUT2D eigenvalue weighted by molar-refractivity contribution is -0.149. The molecule has 0 aromatic heterocycles. The van der Waals surface area contributed by atoms with Gasteiger partial charge in [0.2, 0.25) is 5.91 Å². The van der Waals surface area contributed by atoms with Crippen LogP contribution in [0.1, 0.15) is 27.2 Å². The van der Waals surface area contributed by atoms with E-state index in [4.69, 9.17) is 5.11 Å². The van der Waals surface area contributed by atoms with Gasteiger partial charge < -0.3 is 10.4 Å². The topological polar surface area (TPSA) is 66.4 Å². The number of rotatable bonds is 5. The maximum Gasteiger partial charge on any atom is 0.309 e. The highest BCUT2D eigenvalue weighted by atomic mass is 16.4. The summed E-state index contributed by atoms with van der Waals surface area (Å²) in [6.07, 6.45) is 1.56. The van der Waals surface area contributed by atoms with E-state index in [1.165, 1.54) is 13.8 Å². The van der Waals surface area contributed by atoms with Crippen LogP contribution >= 0.6 is 0 Å². The van der Waals surface area contributed by atoms with E-state index in [-0.39, 0.29) is 18.4 Å². The van der Waals surface area contributed by atoms with Crippen LogP contribution in [0.2, 0.25) is 0 Å². The highest BCUT2D eigenvalue weighted by molar-refractivity contribution is 5.84. The summed E-state index contributed by atoms with van der Waals surface area (Å²) in [5.41, 5.74) is -1.02. The Labute approximate surface area is 84.0 Å². The zero-order valence-electron chi connectivity index (χ0n) is 8.83. The van der Waals surface area contributed by atoms with Crippen LogP contribution in [0.3, 0.4) is 0 Å². The normalized spacial score (nSPS) is 13.1. The molecule has 0 heterocycles. The number of carboxylic acids is 1. The molecule has 0 aliphatic carbocycles. The third-order valence-corrected chi connectivity index (χ3v) is 1.92. The molecule has 0 bridgehead atoms. The lowest BCUT2D eigenvalue weighted by Crippen LogP contribution is -2.36. The van der Waals surface area contributed by atoms with Gasteiger partial charge in [0.15, 0.2) is 0 Å². The maximum atomic E-state index is 11.3. The predicted octanol–water partition coefficient (Wildman–Crippen LogP) is 1.18. The first-order valence-corrected chi connectivity index (χ1v) is 4.45. The van der Waals surface area contributed by atoms with Gasteiger partial charge in [0.05, 0.1) is 5.41 Å². The van der Waals surface area contributed by atoms with Crippen molar-refractivity contribution in [1.82, 2.24) is 5.32 Å². The number of hydrogen-bond donors (Lipinski definition) is 2. The average molecular weight is 199 g/mol. The van der Waals surface area contributed by atoms with Gasteiger partial charge in [-0.05, 0) is 20.8 Å². The SMILES string of the molecule is C=CC(C)NC(=O)CC(C)(C)C(=O)O. The fraction of sp³-hybridized carbons (Fsp3) is 0.600. The fourth-order valence-corrected chi connectivity index (χ4v) is 0.841. The van der Waals surface area contributed by atoms with Crippen molar-refractivity contribution in [3.05, 3.63) is 12.7 Å². The summed E-state index contributed by atoms with van der Waals surface area (Å²) >= 11 is 0. The smallest absolute Gasteiger partial charge is 0.309 e. The van der Waals surface area contributed by atoms with Crippen LogP contribution in [0.25, 0.3) is 0 Å². The number of carbonyl (C=O) groups is 2. The Morgan fingerprint density at radius 1 is 1.57 bits per heavy atom. The molecule has 4 nitrogen and oxygen atoms in total. The number of carboxylic acid groups (broad SMARTS) is 1. The van der Waals surface area contributed by atoms with E-state index >= 15 is 0 Å². The molecular weight excluding hydrogens is 182 g/mol. The van der Waals surface area contributed by atoms with Gasteiger partial charge in [-0.3, -0.25) is 9.59 Å². The van der Waals surface area contributed by atoms with Gasteiger partial charge in [0, 0.05) is 12.5 Å². The lowest BCUT2D eigenvalue weighted by atomic mass is 9.89. The largest absolute Gasteiger partial charge is 0.481 e. The zero-order valence-corrected chi connectivity index (χ0v) is 8.83. The van der Waals surface area contributed by atoms with Crippen LogP contribution < -0.4 is 5.32 Å². The van der Waals surface area contributed by atoms with Gasteiger partial charge in [0.25, 0.3) is 0 Å². The standard InChI is InChI=1S/C10H17NO3/c1-5-7(2)11-8(12)6-10(3,4)9(13)14/h5,7H,1,6H2,2-4H3,(H,11,12)(H,13,14). The van der Waals surface area contributed by atoms with Crippen molar-refractivity contribution in [2.45, 2.75) is 33.2 Å². The minimum absolute atomic E-state index is 0.0273. The molecule has 1 atom stereocenters. The van der Waals surface area contributed by atoms with E-state index in [1.807, 2.05) is 0 Å². The summed E-state index contributed by atoms with van der Waals surface area (Å²) in [6.45, 7) is 8.33. The number of nitrogens with one attached hydrogen (secondary N) is 1. The van der Waals surface area contributed by atoms with E-state index in [1.54, 1.807) is 13.0 Å². The Bertz CT molecular complexity index is 246. The summed E-state index contributed by atoms with van der Waals surface area (Å²) in [5, 5.41) is 11.4. The first-order chi connectivity index (χ1) is 6.29. The highest BCUT2D eigenvalue weighted by Crippen LogP contribution is 2.19.